The third-order valence-corrected chi connectivity index (χ3v) is 2.71. The van der Waals surface area contributed by atoms with E-state index in [4.69, 9.17) is 0 Å². The minimum Gasteiger partial charge on any atom is -0.543 e. The molecule has 1 heterocycles. The maximum Gasteiger partial charge on any atom is 0.418 e. The van der Waals surface area contributed by atoms with Crippen LogP contribution in [0.25, 0.3) is 0 Å². The van der Waals surface area contributed by atoms with E-state index in [0.717, 1.165) is 12.1 Å². The van der Waals surface area contributed by atoms with Crippen LogP contribution in [0.2, 0.25) is 0 Å². The van der Waals surface area contributed by atoms with Crippen molar-refractivity contribution in [3.05, 3.63) is 29.8 Å². The molecule has 0 radical (unpaired) electrons. The minimum absolute atomic E-state index is 0.161. The van der Waals surface area contributed by atoms with Crippen LogP contribution in [0, 0.1) is 0 Å². The first-order chi connectivity index (χ1) is 9.30. The van der Waals surface area contributed by atoms with Crippen LogP contribution >= 0.6 is 0 Å². The fraction of sp³-hybridized carbons (Fsp3) is 0.250. The molecule has 0 atom stereocenters. The lowest BCUT2D eigenvalue weighted by Crippen LogP contribution is -2.40. The Kier molecular flexibility index (Phi) is 3.47. The first-order valence-electron chi connectivity index (χ1n) is 5.58. The van der Waals surface area contributed by atoms with E-state index in [1.54, 1.807) is 0 Å². The van der Waals surface area contributed by atoms with Crippen molar-refractivity contribution in [3.8, 4) is 0 Å². The molecule has 1 aliphatic heterocycles. The summed E-state index contributed by atoms with van der Waals surface area (Å²) in [6.07, 6.45) is -5.07. The number of hydrazone groups is 1. The number of alkyl halides is 3. The normalized spacial score (nSPS) is 16.1. The molecule has 2 rings (SSSR count). The molecule has 1 aromatic carbocycles. The molecular formula is C12H8F3N2O3-. The first kappa shape index (κ1) is 14.0. The van der Waals surface area contributed by atoms with Gasteiger partial charge in [-0.25, -0.2) is 0 Å². The van der Waals surface area contributed by atoms with Crippen molar-refractivity contribution in [2.45, 2.75) is 19.0 Å². The van der Waals surface area contributed by atoms with E-state index < -0.39 is 35.0 Å². The Labute approximate surface area is 111 Å². The lowest BCUT2D eigenvalue weighted by molar-refractivity contribution is -0.294. The van der Waals surface area contributed by atoms with Gasteiger partial charge >= 0.3 is 6.18 Å². The molecule has 8 heteroatoms. The number of hydrogen-bond donors (Lipinski definition) is 0. The predicted octanol–water partition coefficient (Wildman–Crippen LogP) is 0.938. The lowest BCUT2D eigenvalue weighted by atomic mass is 10.1. The van der Waals surface area contributed by atoms with Gasteiger partial charge in [0.15, 0.2) is 0 Å². The average Bonchev–Trinajstić information content (AvgIpc) is 2.38. The Bertz CT molecular complexity index is 596. The second-order valence-electron chi connectivity index (χ2n) is 4.05. The predicted molar refractivity (Wildman–Crippen MR) is 60.6 cm³/mol. The number of carbonyl (C=O) groups excluding carboxylic acids is 2. The van der Waals surface area contributed by atoms with Crippen molar-refractivity contribution in [2.24, 2.45) is 5.10 Å². The highest BCUT2D eigenvalue weighted by Gasteiger charge is 2.36. The molecule has 0 fully saturated rings. The summed E-state index contributed by atoms with van der Waals surface area (Å²) in [6.45, 7) is 0. The van der Waals surface area contributed by atoms with Crippen LogP contribution in [-0.4, -0.2) is 17.6 Å². The molecule has 0 unspecified atom stereocenters. The van der Waals surface area contributed by atoms with Gasteiger partial charge in [0.25, 0.3) is 0 Å². The summed E-state index contributed by atoms with van der Waals surface area (Å²) in [5, 5.41) is 14.6. The number of anilines is 1. The summed E-state index contributed by atoms with van der Waals surface area (Å²) in [5.74, 6) is -2.31. The molecule has 0 N–H and O–H groups in total. The van der Waals surface area contributed by atoms with Gasteiger partial charge in [-0.05, 0) is 12.1 Å². The van der Waals surface area contributed by atoms with Gasteiger partial charge in [0.05, 0.1) is 22.9 Å². The van der Waals surface area contributed by atoms with Crippen molar-refractivity contribution in [3.63, 3.8) is 0 Å². The van der Waals surface area contributed by atoms with Crippen molar-refractivity contribution >= 4 is 23.3 Å². The Balaban J connectivity index is 2.52. The van der Waals surface area contributed by atoms with Crippen LogP contribution in [-0.2, 0) is 15.8 Å². The smallest absolute Gasteiger partial charge is 0.418 e. The number of carboxylic acids is 1. The second-order valence-corrected chi connectivity index (χ2v) is 4.05. The Hall–Kier alpha value is -2.38. The van der Waals surface area contributed by atoms with Gasteiger partial charge in [-0.3, -0.25) is 4.79 Å². The first-order valence-corrected chi connectivity index (χ1v) is 5.58. The third kappa shape index (κ3) is 2.63. The van der Waals surface area contributed by atoms with Gasteiger partial charge in [0.2, 0.25) is 5.91 Å². The van der Waals surface area contributed by atoms with Crippen LogP contribution in [0.5, 0.6) is 0 Å². The Morgan fingerprint density at radius 3 is 2.50 bits per heavy atom. The summed E-state index contributed by atoms with van der Waals surface area (Å²) in [5.41, 5.74) is -2.01. The molecule has 0 saturated carbocycles. The molecule has 1 amide bonds. The largest absolute Gasteiger partial charge is 0.543 e. The van der Waals surface area contributed by atoms with Crippen molar-refractivity contribution in [1.29, 1.82) is 0 Å². The summed E-state index contributed by atoms with van der Waals surface area (Å²) >= 11 is 0. The van der Waals surface area contributed by atoms with E-state index in [1.807, 2.05) is 0 Å². The van der Waals surface area contributed by atoms with E-state index in [-0.39, 0.29) is 12.8 Å². The summed E-state index contributed by atoms with van der Waals surface area (Å²) in [6, 6.07) is 4.33. The number of aliphatic carboxylic acids is 1. The van der Waals surface area contributed by atoms with Gasteiger partial charge in [0.1, 0.15) is 0 Å². The number of amides is 1. The molecule has 5 nitrogen and oxygen atoms in total. The van der Waals surface area contributed by atoms with Crippen LogP contribution in [0.1, 0.15) is 18.4 Å². The van der Waals surface area contributed by atoms with Gasteiger partial charge in [-0.1, -0.05) is 12.1 Å². The fourth-order valence-corrected chi connectivity index (χ4v) is 1.79. The zero-order chi connectivity index (χ0) is 14.9. The summed E-state index contributed by atoms with van der Waals surface area (Å²) < 4.78 is 38.6. The van der Waals surface area contributed by atoms with Gasteiger partial charge in [-0.2, -0.15) is 23.3 Å². The topological polar surface area (TPSA) is 72.8 Å². The number of hydrogen-bond acceptors (Lipinski definition) is 4. The minimum atomic E-state index is -4.68. The monoisotopic (exact) mass is 285 g/mol. The number of nitrogens with zero attached hydrogens (tertiary/aromatic N) is 2. The molecule has 0 spiro atoms. The number of benzene rings is 1. The zero-order valence-electron chi connectivity index (χ0n) is 9.98. The van der Waals surface area contributed by atoms with E-state index >= 15 is 0 Å². The maximum atomic E-state index is 12.9. The van der Waals surface area contributed by atoms with Crippen LogP contribution in [0.4, 0.5) is 18.9 Å². The van der Waals surface area contributed by atoms with Crippen LogP contribution in [0.15, 0.2) is 29.4 Å². The molecule has 1 aromatic rings. The molecule has 20 heavy (non-hydrogen) atoms. The van der Waals surface area contributed by atoms with Crippen molar-refractivity contribution in [1.82, 2.24) is 0 Å². The van der Waals surface area contributed by atoms with Crippen molar-refractivity contribution in [2.75, 3.05) is 5.01 Å². The average molecular weight is 285 g/mol. The van der Waals surface area contributed by atoms with Gasteiger partial charge in [-0.15, -0.1) is 0 Å². The number of carbonyl (C=O) groups is 2. The molecule has 1 aliphatic rings. The maximum absolute atomic E-state index is 12.9. The molecule has 0 bridgehead atoms. The lowest BCUT2D eigenvalue weighted by Gasteiger charge is -2.26. The Morgan fingerprint density at radius 1 is 1.25 bits per heavy atom. The fourth-order valence-electron chi connectivity index (χ4n) is 1.79. The molecule has 106 valence electrons. The summed E-state index contributed by atoms with van der Waals surface area (Å²) in [4.78, 5) is 22.4. The SMILES string of the molecule is O=C([O-])C1=NN(c2ccccc2C(F)(F)F)C(=O)CC1. The standard InChI is InChI=1S/C12H9F3N2O3/c13-12(14,15)7-3-1-2-4-9(7)17-10(18)6-5-8(16-17)11(19)20/h1-4H,5-6H2,(H,19,20)/p-1. The van der Waals surface area contributed by atoms with Crippen LogP contribution in [0.3, 0.4) is 0 Å². The van der Waals surface area contributed by atoms with Crippen molar-refractivity contribution < 1.29 is 27.9 Å². The highest BCUT2D eigenvalue weighted by atomic mass is 19.4. The molecule has 0 saturated heterocycles. The van der Waals surface area contributed by atoms with E-state index in [1.165, 1.54) is 12.1 Å². The molecule has 0 aromatic heterocycles. The molecular weight excluding hydrogens is 277 g/mol. The van der Waals surface area contributed by atoms with E-state index in [9.17, 15) is 27.9 Å². The number of rotatable bonds is 2. The number of para-hydroxylation sites is 1. The molecule has 0 aliphatic carbocycles. The summed E-state index contributed by atoms with van der Waals surface area (Å²) in [7, 11) is 0. The zero-order valence-corrected chi connectivity index (χ0v) is 9.98. The quantitative estimate of drug-likeness (QED) is 0.811. The van der Waals surface area contributed by atoms with E-state index in [0.29, 0.717) is 5.01 Å². The highest BCUT2D eigenvalue weighted by molar-refractivity contribution is 6.36. The van der Waals surface area contributed by atoms with Crippen LogP contribution < -0.4 is 10.1 Å². The van der Waals surface area contributed by atoms with Gasteiger partial charge in [0, 0.05) is 12.8 Å². The second kappa shape index (κ2) is 4.95. The van der Waals surface area contributed by atoms with E-state index in [2.05, 4.69) is 5.10 Å². The highest BCUT2D eigenvalue weighted by Crippen LogP contribution is 2.37. The van der Waals surface area contributed by atoms with Gasteiger partial charge < -0.3 is 9.90 Å². The Morgan fingerprint density at radius 2 is 1.90 bits per heavy atom. The number of carboxylic acid groups (broad SMARTS) is 1. The number of halogens is 3. The third-order valence-electron chi connectivity index (χ3n) is 2.71.